The van der Waals surface area contributed by atoms with Gasteiger partial charge in [0.05, 0.1) is 44.9 Å². The Balaban J connectivity index is 1.43. The van der Waals surface area contributed by atoms with Crippen molar-refractivity contribution in [1.82, 2.24) is 14.5 Å². The fourth-order valence-corrected chi connectivity index (χ4v) is 4.49. The number of pyridine rings is 1. The van der Waals surface area contributed by atoms with E-state index in [4.69, 9.17) is 19.2 Å². The van der Waals surface area contributed by atoms with Gasteiger partial charge in [-0.2, -0.15) is 0 Å². The van der Waals surface area contributed by atoms with Crippen molar-refractivity contribution in [3.05, 3.63) is 84.2 Å². The zero-order valence-corrected chi connectivity index (χ0v) is 19.2. The van der Waals surface area contributed by atoms with E-state index in [1.807, 2.05) is 30.3 Å². The monoisotopic (exact) mass is 459 g/mol. The molecule has 0 fully saturated rings. The van der Waals surface area contributed by atoms with E-state index in [0.717, 1.165) is 58.2 Å². The maximum absolute atomic E-state index is 13.6. The van der Waals surface area contributed by atoms with Gasteiger partial charge in [-0.25, -0.2) is 9.37 Å². The Kier molecular flexibility index (Phi) is 6.27. The van der Waals surface area contributed by atoms with Crippen molar-refractivity contribution in [2.24, 2.45) is 0 Å². The smallest absolute Gasteiger partial charge is 0.123 e. The van der Waals surface area contributed by atoms with E-state index < -0.39 is 0 Å². The quantitative estimate of drug-likeness (QED) is 0.350. The topological polar surface area (TPSA) is 58.4 Å². The highest BCUT2D eigenvalue weighted by Gasteiger charge is 2.30. The number of aromatic nitrogens is 3. The number of imidazole rings is 1. The van der Waals surface area contributed by atoms with Crippen LogP contribution < -0.4 is 9.47 Å². The van der Waals surface area contributed by atoms with Gasteiger partial charge in [-0.05, 0) is 60.5 Å². The lowest BCUT2D eigenvalue weighted by Gasteiger charge is -2.18. The number of methoxy groups -OCH3 is 2. The number of rotatable bonds is 8. The molecular weight excluding hydrogens is 433 g/mol. The van der Waals surface area contributed by atoms with Crippen LogP contribution in [0.4, 0.5) is 4.39 Å². The number of nitrogens with zero attached hydrogens (tertiary/aromatic N) is 3. The molecule has 7 heteroatoms. The SMILES string of the molecule is COc1cc(COC[C@@H]2CCc3nc(-c4ccc(F)cc4)c(-c4ccncc4)n32)cc(OC)c1. The predicted octanol–water partition coefficient (Wildman–Crippen LogP) is 5.47. The molecule has 2 aromatic carbocycles. The van der Waals surface area contributed by atoms with E-state index in [-0.39, 0.29) is 11.9 Å². The number of hydrogen-bond acceptors (Lipinski definition) is 5. The summed E-state index contributed by atoms with van der Waals surface area (Å²) in [4.78, 5) is 9.13. The summed E-state index contributed by atoms with van der Waals surface area (Å²) >= 11 is 0. The van der Waals surface area contributed by atoms with Crippen LogP contribution in [-0.2, 0) is 17.8 Å². The van der Waals surface area contributed by atoms with Crippen LogP contribution in [0.5, 0.6) is 11.5 Å². The summed E-state index contributed by atoms with van der Waals surface area (Å²) in [7, 11) is 3.27. The summed E-state index contributed by atoms with van der Waals surface area (Å²) < 4.78 is 32.7. The Bertz CT molecular complexity index is 1250. The molecule has 5 rings (SSSR count). The third-order valence-electron chi connectivity index (χ3n) is 6.11. The summed E-state index contributed by atoms with van der Waals surface area (Å²) in [5, 5.41) is 0. The highest BCUT2D eigenvalue weighted by molar-refractivity contribution is 5.79. The lowest BCUT2D eigenvalue weighted by atomic mass is 10.0. The molecule has 6 nitrogen and oxygen atoms in total. The second-order valence-electron chi connectivity index (χ2n) is 8.27. The number of hydrogen-bond donors (Lipinski definition) is 0. The van der Waals surface area contributed by atoms with Crippen LogP contribution in [0.2, 0.25) is 0 Å². The van der Waals surface area contributed by atoms with Crippen molar-refractivity contribution in [2.45, 2.75) is 25.5 Å². The van der Waals surface area contributed by atoms with Crippen LogP contribution in [-0.4, -0.2) is 35.4 Å². The summed E-state index contributed by atoms with van der Waals surface area (Å²) in [5.74, 6) is 2.23. The van der Waals surface area contributed by atoms with Gasteiger partial charge in [-0.15, -0.1) is 0 Å². The van der Waals surface area contributed by atoms with E-state index >= 15 is 0 Å². The van der Waals surface area contributed by atoms with Gasteiger partial charge in [0, 0.05) is 36.0 Å². The first kappa shape index (κ1) is 22.1. The normalized spacial score (nSPS) is 14.7. The molecule has 34 heavy (non-hydrogen) atoms. The average molecular weight is 460 g/mol. The molecule has 0 saturated heterocycles. The van der Waals surface area contributed by atoms with E-state index in [9.17, 15) is 4.39 Å². The Morgan fingerprint density at radius 2 is 1.65 bits per heavy atom. The molecule has 1 atom stereocenters. The van der Waals surface area contributed by atoms with E-state index in [1.165, 1.54) is 12.1 Å². The third kappa shape index (κ3) is 4.39. The second kappa shape index (κ2) is 9.65. The third-order valence-corrected chi connectivity index (χ3v) is 6.11. The fourth-order valence-electron chi connectivity index (χ4n) is 4.49. The lowest BCUT2D eigenvalue weighted by Crippen LogP contribution is -2.13. The molecule has 0 unspecified atom stereocenters. The number of fused-ring (bicyclic) bond motifs is 1. The molecule has 3 heterocycles. The van der Waals surface area contributed by atoms with Crippen LogP contribution in [0.15, 0.2) is 67.0 Å². The minimum atomic E-state index is -0.263. The van der Waals surface area contributed by atoms with Gasteiger partial charge in [0.25, 0.3) is 0 Å². The van der Waals surface area contributed by atoms with Crippen molar-refractivity contribution in [3.8, 4) is 34.0 Å². The molecule has 4 aromatic rings. The van der Waals surface area contributed by atoms with Crippen LogP contribution in [0.3, 0.4) is 0 Å². The van der Waals surface area contributed by atoms with Crippen LogP contribution in [0, 0.1) is 5.82 Å². The predicted molar refractivity (Wildman–Crippen MR) is 127 cm³/mol. The zero-order chi connectivity index (χ0) is 23.5. The summed E-state index contributed by atoms with van der Waals surface area (Å²) in [5.41, 5.74) is 4.76. The van der Waals surface area contributed by atoms with Crippen molar-refractivity contribution in [2.75, 3.05) is 20.8 Å². The van der Waals surface area contributed by atoms with Gasteiger partial charge in [-0.1, -0.05) is 0 Å². The van der Waals surface area contributed by atoms with Crippen molar-refractivity contribution in [1.29, 1.82) is 0 Å². The Hall–Kier alpha value is -3.71. The average Bonchev–Trinajstić information content (AvgIpc) is 3.44. The van der Waals surface area contributed by atoms with Gasteiger partial charge in [0.1, 0.15) is 23.1 Å². The molecule has 174 valence electrons. The second-order valence-corrected chi connectivity index (χ2v) is 8.27. The number of ether oxygens (including phenoxy) is 3. The van der Waals surface area contributed by atoms with Crippen LogP contribution in [0.1, 0.15) is 23.9 Å². The molecule has 0 aliphatic carbocycles. The van der Waals surface area contributed by atoms with E-state index in [2.05, 4.69) is 9.55 Å². The van der Waals surface area contributed by atoms with E-state index in [1.54, 1.807) is 38.7 Å². The summed E-state index contributed by atoms with van der Waals surface area (Å²) in [6.07, 6.45) is 5.37. The molecule has 1 aliphatic heterocycles. The number of halogens is 1. The fraction of sp³-hybridized carbons (Fsp3) is 0.259. The van der Waals surface area contributed by atoms with Crippen molar-refractivity contribution >= 4 is 0 Å². The molecule has 2 aromatic heterocycles. The first-order valence-electron chi connectivity index (χ1n) is 11.2. The zero-order valence-electron chi connectivity index (χ0n) is 19.2. The molecule has 0 saturated carbocycles. The van der Waals surface area contributed by atoms with Gasteiger partial charge < -0.3 is 18.8 Å². The van der Waals surface area contributed by atoms with Crippen LogP contribution >= 0.6 is 0 Å². The van der Waals surface area contributed by atoms with Gasteiger partial charge >= 0.3 is 0 Å². The number of aryl methyl sites for hydroxylation is 1. The number of benzene rings is 2. The molecule has 0 radical (unpaired) electrons. The molecular formula is C27H26FN3O3. The van der Waals surface area contributed by atoms with Crippen molar-refractivity contribution in [3.63, 3.8) is 0 Å². The molecule has 1 aliphatic rings. The molecule has 0 amide bonds. The maximum atomic E-state index is 13.6. The highest BCUT2D eigenvalue weighted by Crippen LogP contribution is 2.39. The van der Waals surface area contributed by atoms with Crippen molar-refractivity contribution < 1.29 is 18.6 Å². The molecule has 0 bridgehead atoms. The molecule has 0 spiro atoms. The minimum absolute atomic E-state index is 0.146. The Morgan fingerprint density at radius 1 is 0.941 bits per heavy atom. The lowest BCUT2D eigenvalue weighted by molar-refractivity contribution is 0.0922. The standard InChI is InChI=1S/C27H26FN3O3/c1-32-23-13-18(14-24(15-23)33-2)16-34-17-22-7-8-25-30-26(19-3-5-21(28)6-4-19)27(31(22)25)20-9-11-29-12-10-20/h3-6,9-15,22H,7-8,16-17H2,1-2H3/t22-/m0/s1. The molecule has 0 N–H and O–H groups in total. The summed E-state index contributed by atoms with van der Waals surface area (Å²) in [6.45, 7) is 0.993. The largest absolute Gasteiger partial charge is 0.497 e. The first-order chi connectivity index (χ1) is 16.7. The maximum Gasteiger partial charge on any atom is 0.123 e. The van der Waals surface area contributed by atoms with Gasteiger partial charge in [0.2, 0.25) is 0 Å². The Morgan fingerprint density at radius 3 is 2.32 bits per heavy atom. The van der Waals surface area contributed by atoms with Gasteiger partial charge in [-0.3, -0.25) is 4.98 Å². The van der Waals surface area contributed by atoms with Crippen LogP contribution in [0.25, 0.3) is 22.5 Å². The minimum Gasteiger partial charge on any atom is -0.497 e. The highest BCUT2D eigenvalue weighted by atomic mass is 19.1. The Labute approximate surface area is 198 Å². The van der Waals surface area contributed by atoms with E-state index in [0.29, 0.717) is 13.2 Å². The first-order valence-corrected chi connectivity index (χ1v) is 11.2. The van der Waals surface area contributed by atoms with Gasteiger partial charge in [0.15, 0.2) is 0 Å². The summed E-state index contributed by atoms with van der Waals surface area (Å²) in [6, 6.07) is 16.4.